The summed E-state index contributed by atoms with van der Waals surface area (Å²) in [5, 5.41) is 0. The maximum atomic E-state index is 12.0. The molecule has 1 atom stereocenters. The van der Waals surface area contributed by atoms with Gasteiger partial charge < -0.3 is 4.74 Å². The first kappa shape index (κ1) is 23.7. The van der Waals surface area contributed by atoms with Crippen LogP contribution in [0.1, 0.15) is 110 Å². The second kappa shape index (κ2) is 13.6. The van der Waals surface area contributed by atoms with Gasteiger partial charge in [-0.25, -0.2) is 0 Å². The summed E-state index contributed by atoms with van der Waals surface area (Å²) in [5.41, 5.74) is 2.74. The van der Waals surface area contributed by atoms with Crippen LogP contribution >= 0.6 is 0 Å². The van der Waals surface area contributed by atoms with E-state index in [0.717, 1.165) is 24.7 Å². The van der Waals surface area contributed by atoms with E-state index < -0.39 is 0 Å². The molecule has 1 aliphatic carbocycles. The average molecular weight is 399 g/mol. The van der Waals surface area contributed by atoms with E-state index >= 15 is 0 Å². The molecule has 1 aromatic carbocycles. The summed E-state index contributed by atoms with van der Waals surface area (Å²) < 4.78 is 5.50. The summed E-state index contributed by atoms with van der Waals surface area (Å²) in [5.74, 6) is 2.34. The van der Waals surface area contributed by atoms with E-state index in [4.69, 9.17) is 4.74 Å². The Labute approximate surface area is 179 Å². The Kier molecular flexibility index (Phi) is 11.1. The zero-order valence-corrected chi connectivity index (χ0v) is 19.1. The molecule has 0 amide bonds. The number of hydrogen-bond donors (Lipinski definition) is 0. The lowest BCUT2D eigenvalue weighted by molar-refractivity contribution is -0.134. The molecule has 1 unspecified atom stereocenters. The molecule has 0 saturated heterocycles. The SMILES string of the molecule is CCCCCCCC(=O)Oc1ccc(C2=CCC(CCC(CC)CC)CC2)cc1. The normalized spacial score (nSPS) is 16.7. The van der Waals surface area contributed by atoms with Crippen molar-refractivity contribution in [3.63, 3.8) is 0 Å². The molecule has 0 bridgehead atoms. The molecular formula is C27H42O2. The average Bonchev–Trinajstić information content (AvgIpc) is 2.75. The van der Waals surface area contributed by atoms with Crippen LogP contribution < -0.4 is 4.74 Å². The maximum absolute atomic E-state index is 12.0. The number of ether oxygens (including phenoxy) is 1. The summed E-state index contributed by atoms with van der Waals surface area (Å²) in [6, 6.07) is 8.12. The first-order valence-electron chi connectivity index (χ1n) is 12.2. The Morgan fingerprint density at radius 2 is 1.76 bits per heavy atom. The first-order valence-corrected chi connectivity index (χ1v) is 12.2. The predicted octanol–water partition coefficient (Wildman–Crippen LogP) is 8.35. The van der Waals surface area contributed by atoms with Gasteiger partial charge in [-0.1, -0.05) is 83.9 Å². The van der Waals surface area contributed by atoms with Crippen LogP contribution in [0.4, 0.5) is 0 Å². The van der Waals surface area contributed by atoms with Crippen molar-refractivity contribution in [2.75, 3.05) is 0 Å². The van der Waals surface area contributed by atoms with Crippen molar-refractivity contribution in [1.29, 1.82) is 0 Å². The maximum Gasteiger partial charge on any atom is 0.311 e. The van der Waals surface area contributed by atoms with Gasteiger partial charge in [0.1, 0.15) is 5.75 Å². The predicted molar refractivity (Wildman–Crippen MR) is 124 cm³/mol. The van der Waals surface area contributed by atoms with Gasteiger partial charge in [-0.15, -0.1) is 0 Å². The van der Waals surface area contributed by atoms with Crippen molar-refractivity contribution in [3.05, 3.63) is 35.9 Å². The van der Waals surface area contributed by atoms with Crippen molar-refractivity contribution in [2.45, 2.75) is 104 Å². The number of esters is 1. The van der Waals surface area contributed by atoms with Crippen LogP contribution in [0.15, 0.2) is 30.3 Å². The molecule has 0 saturated carbocycles. The number of hydrogen-bond acceptors (Lipinski definition) is 2. The summed E-state index contributed by atoms with van der Waals surface area (Å²) >= 11 is 0. The number of unbranched alkanes of at least 4 members (excludes halogenated alkanes) is 4. The quantitative estimate of drug-likeness (QED) is 0.189. The molecule has 0 radical (unpaired) electrons. The van der Waals surface area contributed by atoms with Crippen LogP contribution in [-0.2, 0) is 4.79 Å². The van der Waals surface area contributed by atoms with Crippen LogP contribution in [0.5, 0.6) is 5.75 Å². The third-order valence-corrected chi connectivity index (χ3v) is 6.60. The Hall–Kier alpha value is -1.57. The number of allylic oxidation sites excluding steroid dienone is 2. The minimum Gasteiger partial charge on any atom is -0.427 e. The van der Waals surface area contributed by atoms with Gasteiger partial charge in [0.2, 0.25) is 0 Å². The summed E-state index contributed by atoms with van der Waals surface area (Å²) in [4.78, 5) is 12.0. The lowest BCUT2D eigenvalue weighted by Gasteiger charge is -2.24. The van der Waals surface area contributed by atoms with Gasteiger partial charge in [0, 0.05) is 6.42 Å². The fourth-order valence-electron chi connectivity index (χ4n) is 4.37. The van der Waals surface area contributed by atoms with Crippen molar-refractivity contribution in [3.8, 4) is 5.75 Å². The highest BCUT2D eigenvalue weighted by Gasteiger charge is 2.17. The molecule has 162 valence electrons. The molecule has 2 heteroatoms. The van der Waals surface area contributed by atoms with E-state index in [2.05, 4.69) is 39.0 Å². The Morgan fingerprint density at radius 1 is 1.03 bits per heavy atom. The van der Waals surface area contributed by atoms with Gasteiger partial charge in [0.05, 0.1) is 0 Å². The van der Waals surface area contributed by atoms with Crippen LogP contribution in [0, 0.1) is 11.8 Å². The number of rotatable bonds is 13. The van der Waals surface area contributed by atoms with Crippen molar-refractivity contribution >= 4 is 11.5 Å². The zero-order chi connectivity index (χ0) is 20.9. The van der Waals surface area contributed by atoms with E-state index in [1.54, 1.807) is 0 Å². The molecule has 0 aromatic heterocycles. The van der Waals surface area contributed by atoms with Crippen LogP contribution in [-0.4, -0.2) is 5.97 Å². The molecular weight excluding hydrogens is 356 g/mol. The second-order valence-electron chi connectivity index (χ2n) is 8.79. The Bertz CT molecular complexity index is 610. The van der Waals surface area contributed by atoms with Gasteiger partial charge in [-0.3, -0.25) is 4.79 Å². The molecule has 0 aliphatic heterocycles. The fraction of sp³-hybridized carbons (Fsp3) is 0.667. The van der Waals surface area contributed by atoms with E-state index in [0.29, 0.717) is 12.2 Å². The highest BCUT2D eigenvalue weighted by molar-refractivity contribution is 5.73. The summed E-state index contributed by atoms with van der Waals surface area (Å²) in [6.07, 6.45) is 17.8. The highest BCUT2D eigenvalue weighted by Crippen LogP contribution is 2.34. The van der Waals surface area contributed by atoms with Gasteiger partial charge in [-0.05, 0) is 67.2 Å². The second-order valence-corrected chi connectivity index (χ2v) is 8.79. The molecule has 0 fully saturated rings. The lowest BCUT2D eigenvalue weighted by atomic mass is 9.82. The van der Waals surface area contributed by atoms with Crippen molar-refractivity contribution in [2.24, 2.45) is 11.8 Å². The molecule has 29 heavy (non-hydrogen) atoms. The minimum absolute atomic E-state index is 0.105. The van der Waals surface area contributed by atoms with Crippen molar-refractivity contribution < 1.29 is 9.53 Å². The van der Waals surface area contributed by atoms with Gasteiger partial charge >= 0.3 is 5.97 Å². The topological polar surface area (TPSA) is 26.3 Å². The summed E-state index contributed by atoms with van der Waals surface area (Å²) in [7, 11) is 0. The monoisotopic (exact) mass is 398 g/mol. The third-order valence-electron chi connectivity index (χ3n) is 6.60. The van der Waals surface area contributed by atoms with Gasteiger partial charge in [0.15, 0.2) is 0 Å². The molecule has 0 heterocycles. The Balaban J connectivity index is 1.75. The molecule has 1 aromatic rings. The first-order chi connectivity index (χ1) is 14.2. The standard InChI is InChI=1S/C27H42O2/c1-4-7-8-9-10-11-27(28)29-26-20-18-25(19-21-26)24-16-14-23(15-17-24)13-12-22(5-2)6-3/h16,18-23H,4-15,17H2,1-3H3. The van der Waals surface area contributed by atoms with Crippen molar-refractivity contribution in [1.82, 2.24) is 0 Å². The lowest BCUT2D eigenvalue weighted by Crippen LogP contribution is -2.09. The fourth-order valence-corrected chi connectivity index (χ4v) is 4.37. The molecule has 2 nitrogen and oxygen atoms in total. The van der Waals surface area contributed by atoms with E-state index in [9.17, 15) is 4.79 Å². The van der Waals surface area contributed by atoms with E-state index in [1.807, 2.05) is 12.1 Å². The van der Waals surface area contributed by atoms with E-state index in [-0.39, 0.29) is 5.97 Å². The van der Waals surface area contributed by atoms with Crippen LogP contribution in [0.3, 0.4) is 0 Å². The highest BCUT2D eigenvalue weighted by atomic mass is 16.5. The third kappa shape index (κ3) is 8.76. The molecule has 1 aliphatic rings. The molecule has 0 N–H and O–H groups in total. The number of carbonyl (C=O) groups is 1. The van der Waals surface area contributed by atoms with Crippen LogP contribution in [0.2, 0.25) is 0 Å². The molecule has 0 spiro atoms. The molecule has 2 rings (SSSR count). The zero-order valence-electron chi connectivity index (χ0n) is 19.1. The largest absolute Gasteiger partial charge is 0.427 e. The number of carbonyl (C=O) groups excluding carboxylic acids is 1. The Morgan fingerprint density at radius 3 is 2.38 bits per heavy atom. The minimum atomic E-state index is -0.105. The number of benzene rings is 1. The van der Waals surface area contributed by atoms with E-state index in [1.165, 1.54) is 75.3 Å². The van der Waals surface area contributed by atoms with Crippen LogP contribution in [0.25, 0.3) is 5.57 Å². The van der Waals surface area contributed by atoms with Gasteiger partial charge in [0.25, 0.3) is 0 Å². The summed E-state index contributed by atoms with van der Waals surface area (Å²) in [6.45, 7) is 6.85. The smallest absolute Gasteiger partial charge is 0.311 e. The van der Waals surface area contributed by atoms with Gasteiger partial charge in [-0.2, -0.15) is 0 Å².